The Kier molecular flexibility index (Phi) is 2.38. The Labute approximate surface area is 67.3 Å². The number of thiophene rings is 1. The summed E-state index contributed by atoms with van der Waals surface area (Å²) in [7, 11) is 0. The van der Waals surface area contributed by atoms with Crippen LogP contribution in [0.4, 0.5) is 0 Å². The van der Waals surface area contributed by atoms with E-state index in [0.717, 1.165) is 0 Å². The fourth-order valence-electron chi connectivity index (χ4n) is 0.686. The van der Waals surface area contributed by atoms with Crippen molar-refractivity contribution in [2.24, 2.45) is 0 Å². The van der Waals surface area contributed by atoms with Crippen LogP contribution >= 0.6 is 11.3 Å². The maximum absolute atomic E-state index is 10.4. The lowest BCUT2D eigenvalue weighted by Gasteiger charge is -1.97. The van der Waals surface area contributed by atoms with E-state index in [2.05, 4.69) is 0 Å². The lowest BCUT2D eigenvalue weighted by Crippen LogP contribution is -2.10. The maximum atomic E-state index is 10.4. The molecule has 1 heterocycles. The highest BCUT2D eigenvalue weighted by Crippen LogP contribution is 2.19. The summed E-state index contributed by atoms with van der Waals surface area (Å²) in [4.78, 5) is 21.0. The normalized spacial score (nSPS) is 12.4. The van der Waals surface area contributed by atoms with Gasteiger partial charge in [-0.05, 0) is 11.4 Å². The number of carbonyl (C=O) groups is 1. The molecule has 1 aromatic rings. The molecule has 1 N–H and O–H groups in total. The first-order valence-corrected chi connectivity index (χ1v) is 3.77. The monoisotopic (exact) mass is 169 g/mol. The van der Waals surface area contributed by atoms with Crippen molar-refractivity contribution in [3.05, 3.63) is 22.4 Å². The smallest absolute Gasteiger partial charge is 0.319 e. The molecule has 0 saturated carbocycles. The summed E-state index contributed by atoms with van der Waals surface area (Å²) in [5, 5.41) is 10.2. The number of carbonyl (C=O) groups excluding carboxylic acids is 1. The zero-order valence-electron chi connectivity index (χ0n) is 5.48. The van der Waals surface area contributed by atoms with Crippen LogP contribution in [0.25, 0.3) is 0 Å². The van der Waals surface area contributed by atoms with E-state index < -0.39 is 11.9 Å². The molecule has 0 aliphatic heterocycles. The molecule has 0 bridgehead atoms. The lowest BCUT2D eigenvalue weighted by atomic mass is 10.1. The first kappa shape index (κ1) is 7.94. The van der Waals surface area contributed by atoms with Gasteiger partial charge >= 0.3 is 5.97 Å². The zero-order chi connectivity index (χ0) is 8.27. The van der Waals surface area contributed by atoms with Crippen LogP contribution in [0.5, 0.6) is 0 Å². The number of carboxylic acid groups (broad SMARTS) is 1. The van der Waals surface area contributed by atoms with Crippen molar-refractivity contribution in [2.45, 2.75) is 5.92 Å². The second-order valence-electron chi connectivity index (χ2n) is 1.90. The summed E-state index contributed by atoms with van der Waals surface area (Å²) in [6, 6.07) is 3.31. The van der Waals surface area contributed by atoms with Gasteiger partial charge in [-0.1, -0.05) is 6.07 Å². The Morgan fingerprint density at radius 3 is 2.82 bits per heavy atom. The van der Waals surface area contributed by atoms with Gasteiger partial charge in [-0.15, -0.1) is 11.3 Å². The van der Waals surface area contributed by atoms with Crippen LogP contribution in [0.1, 0.15) is 10.8 Å². The minimum absolute atomic E-state index is 0.521. The highest BCUT2D eigenvalue weighted by atomic mass is 32.1. The van der Waals surface area contributed by atoms with Crippen LogP contribution in [0.3, 0.4) is 0 Å². The van der Waals surface area contributed by atoms with E-state index >= 15 is 0 Å². The molecular weight excluding hydrogens is 164 g/mol. The molecule has 1 radical (unpaired) electrons. The van der Waals surface area contributed by atoms with Crippen molar-refractivity contribution in [2.75, 3.05) is 0 Å². The van der Waals surface area contributed by atoms with Crippen LogP contribution < -0.4 is 0 Å². The van der Waals surface area contributed by atoms with Gasteiger partial charge in [0.15, 0.2) is 5.92 Å². The molecule has 0 amide bonds. The summed E-state index contributed by atoms with van der Waals surface area (Å²) in [6.07, 6.45) is 1.46. The van der Waals surface area contributed by atoms with Crippen LogP contribution in [0.15, 0.2) is 17.5 Å². The van der Waals surface area contributed by atoms with Crippen molar-refractivity contribution in [1.82, 2.24) is 0 Å². The molecule has 0 aliphatic carbocycles. The Morgan fingerprint density at radius 2 is 2.45 bits per heavy atom. The number of aliphatic carboxylic acids is 1. The number of hydrogen-bond donors (Lipinski definition) is 1. The molecule has 1 aromatic heterocycles. The second-order valence-corrected chi connectivity index (χ2v) is 2.88. The predicted molar refractivity (Wildman–Crippen MR) is 40.4 cm³/mol. The third-order valence-electron chi connectivity index (χ3n) is 1.19. The summed E-state index contributed by atoms with van der Waals surface area (Å²) < 4.78 is 0. The fraction of sp³-hybridized carbons (Fsp3) is 0.143. The molecule has 4 heteroatoms. The van der Waals surface area contributed by atoms with Gasteiger partial charge in [0, 0.05) is 4.88 Å². The Hall–Kier alpha value is -1.16. The van der Waals surface area contributed by atoms with Crippen molar-refractivity contribution in [3.63, 3.8) is 0 Å². The molecule has 1 atom stereocenters. The van der Waals surface area contributed by atoms with Crippen molar-refractivity contribution in [1.29, 1.82) is 0 Å². The molecule has 0 aromatic carbocycles. The molecule has 0 saturated heterocycles. The predicted octanol–water partition coefficient (Wildman–Crippen LogP) is 1.03. The zero-order valence-corrected chi connectivity index (χ0v) is 6.30. The Bertz CT molecular complexity index is 253. The quantitative estimate of drug-likeness (QED) is 0.687. The molecule has 0 fully saturated rings. The van der Waals surface area contributed by atoms with Crippen LogP contribution in [0, 0.1) is 0 Å². The summed E-state index contributed by atoms with van der Waals surface area (Å²) >= 11 is 1.24. The summed E-state index contributed by atoms with van der Waals surface area (Å²) in [5.74, 6) is -2.27. The number of hydrogen-bond acceptors (Lipinski definition) is 3. The summed E-state index contributed by atoms with van der Waals surface area (Å²) in [6.45, 7) is 0. The fourth-order valence-corrected chi connectivity index (χ4v) is 1.44. The maximum Gasteiger partial charge on any atom is 0.319 e. The van der Waals surface area contributed by atoms with E-state index in [9.17, 15) is 9.59 Å². The highest BCUT2D eigenvalue weighted by molar-refractivity contribution is 7.10. The van der Waals surface area contributed by atoms with E-state index in [0.29, 0.717) is 4.88 Å². The van der Waals surface area contributed by atoms with Gasteiger partial charge in [0.25, 0.3) is 0 Å². The average Bonchev–Trinajstić information content (AvgIpc) is 2.40. The van der Waals surface area contributed by atoms with E-state index in [1.807, 2.05) is 0 Å². The van der Waals surface area contributed by atoms with E-state index in [-0.39, 0.29) is 0 Å². The largest absolute Gasteiger partial charge is 0.480 e. The third-order valence-corrected chi connectivity index (χ3v) is 2.13. The first-order chi connectivity index (χ1) is 5.25. The Balaban J connectivity index is 2.88. The number of rotatable bonds is 3. The van der Waals surface area contributed by atoms with Crippen LogP contribution in [-0.4, -0.2) is 17.4 Å². The van der Waals surface area contributed by atoms with E-state index in [1.165, 1.54) is 17.6 Å². The van der Waals surface area contributed by atoms with Gasteiger partial charge in [0.05, 0.1) is 0 Å². The van der Waals surface area contributed by atoms with Gasteiger partial charge < -0.3 is 5.11 Å². The molecular formula is C7H5O3S. The van der Waals surface area contributed by atoms with Crippen molar-refractivity contribution >= 4 is 23.6 Å². The molecule has 57 valence electrons. The minimum atomic E-state index is -1.15. The molecule has 3 nitrogen and oxygen atoms in total. The van der Waals surface area contributed by atoms with Crippen LogP contribution in [-0.2, 0) is 9.59 Å². The van der Waals surface area contributed by atoms with Gasteiger partial charge in [0.2, 0.25) is 6.29 Å². The molecule has 1 rings (SSSR count). The third kappa shape index (κ3) is 1.65. The van der Waals surface area contributed by atoms with Gasteiger partial charge in [0.1, 0.15) is 0 Å². The number of carboxylic acids is 1. The second kappa shape index (κ2) is 3.30. The van der Waals surface area contributed by atoms with Crippen molar-refractivity contribution in [3.8, 4) is 0 Å². The molecule has 1 unspecified atom stereocenters. The van der Waals surface area contributed by atoms with Gasteiger partial charge in [-0.2, -0.15) is 0 Å². The molecule has 0 spiro atoms. The SMILES string of the molecule is O=[C]C(C(=O)O)c1cccs1. The Morgan fingerprint density at radius 1 is 1.73 bits per heavy atom. The van der Waals surface area contributed by atoms with E-state index in [4.69, 9.17) is 5.11 Å². The molecule has 11 heavy (non-hydrogen) atoms. The van der Waals surface area contributed by atoms with E-state index in [1.54, 1.807) is 17.5 Å². The van der Waals surface area contributed by atoms with Crippen LogP contribution in [0.2, 0.25) is 0 Å². The lowest BCUT2D eigenvalue weighted by molar-refractivity contribution is -0.137. The molecule has 0 aliphatic rings. The first-order valence-electron chi connectivity index (χ1n) is 2.89. The minimum Gasteiger partial charge on any atom is -0.480 e. The van der Waals surface area contributed by atoms with Gasteiger partial charge in [-0.25, -0.2) is 0 Å². The highest BCUT2D eigenvalue weighted by Gasteiger charge is 2.20. The van der Waals surface area contributed by atoms with Crippen molar-refractivity contribution < 1.29 is 14.7 Å². The standard InChI is InChI=1S/C7H5O3S/c8-4-5(7(9)10)6-2-1-3-11-6/h1-3,5H,(H,9,10). The summed E-state index contributed by atoms with van der Waals surface area (Å²) in [5.41, 5.74) is 0. The van der Waals surface area contributed by atoms with Gasteiger partial charge in [-0.3, -0.25) is 9.59 Å². The average molecular weight is 169 g/mol. The topological polar surface area (TPSA) is 54.4 Å².